The van der Waals surface area contributed by atoms with Crippen LogP contribution in [0.4, 0.5) is 0 Å². The Balaban J connectivity index is 1.47. The monoisotopic (exact) mass is 413 g/mol. The Bertz CT molecular complexity index is 860. The number of hydrogen-bond donors (Lipinski definition) is 0. The molecule has 31 heavy (non-hydrogen) atoms. The smallest absolute Gasteiger partial charge is 0.0702 e. The summed E-state index contributed by atoms with van der Waals surface area (Å²) >= 11 is 0. The van der Waals surface area contributed by atoms with Crippen molar-refractivity contribution in [2.45, 2.75) is 84.5 Å². The molecule has 0 N–H and O–H groups in total. The number of aryl methyl sites for hydroxylation is 4. The van der Waals surface area contributed by atoms with Crippen molar-refractivity contribution in [3.63, 3.8) is 0 Å². The quantitative estimate of drug-likeness (QED) is 0.256. The highest BCUT2D eigenvalue weighted by Crippen LogP contribution is 2.19. The number of benzene rings is 2. The molecule has 1 nitrogen and oxygen atoms in total. The highest BCUT2D eigenvalue weighted by molar-refractivity contribution is 5.59. The molecular formula is C30H39N. The SMILES string of the molecule is CCCCCCc1ccc(CCc2ccc(-c3ccc(CCCCC)cn3)cc2)cc1. The van der Waals surface area contributed by atoms with E-state index in [2.05, 4.69) is 74.5 Å². The molecule has 1 aromatic heterocycles. The molecule has 0 saturated heterocycles. The lowest BCUT2D eigenvalue weighted by Gasteiger charge is -2.07. The molecule has 0 spiro atoms. The summed E-state index contributed by atoms with van der Waals surface area (Å²) in [6.45, 7) is 4.52. The summed E-state index contributed by atoms with van der Waals surface area (Å²) in [6.07, 6.45) is 15.7. The molecule has 0 aliphatic rings. The molecular weight excluding hydrogens is 374 g/mol. The van der Waals surface area contributed by atoms with Gasteiger partial charge in [-0.3, -0.25) is 4.98 Å². The van der Waals surface area contributed by atoms with Gasteiger partial charge in [-0.05, 0) is 66.8 Å². The molecule has 0 fully saturated rings. The van der Waals surface area contributed by atoms with E-state index in [-0.39, 0.29) is 0 Å². The van der Waals surface area contributed by atoms with Crippen LogP contribution >= 0.6 is 0 Å². The lowest BCUT2D eigenvalue weighted by atomic mass is 10.00. The van der Waals surface area contributed by atoms with E-state index in [1.54, 1.807) is 0 Å². The van der Waals surface area contributed by atoms with Gasteiger partial charge >= 0.3 is 0 Å². The van der Waals surface area contributed by atoms with Crippen molar-refractivity contribution < 1.29 is 0 Å². The molecule has 2 aromatic carbocycles. The lowest BCUT2D eigenvalue weighted by molar-refractivity contribution is 0.667. The van der Waals surface area contributed by atoms with Gasteiger partial charge in [0.1, 0.15) is 0 Å². The summed E-state index contributed by atoms with van der Waals surface area (Å²) in [7, 11) is 0. The van der Waals surface area contributed by atoms with Crippen LogP contribution in [0.3, 0.4) is 0 Å². The van der Waals surface area contributed by atoms with Gasteiger partial charge in [0.2, 0.25) is 0 Å². The zero-order chi connectivity index (χ0) is 21.7. The summed E-state index contributed by atoms with van der Waals surface area (Å²) in [5, 5.41) is 0. The molecule has 1 heteroatoms. The number of nitrogens with zero attached hydrogens (tertiary/aromatic N) is 1. The fourth-order valence-corrected chi connectivity index (χ4v) is 4.08. The minimum absolute atomic E-state index is 1.07. The van der Waals surface area contributed by atoms with Crippen molar-refractivity contribution in [1.82, 2.24) is 4.98 Å². The average molecular weight is 414 g/mol. The predicted molar refractivity (Wildman–Crippen MR) is 135 cm³/mol. The zero-order valence-corrected chi connectivity index (χ0v) is 19.6. The molecule has 0 amide bonds. The zero-order valence-electron chi connectivity index (χ0n) is 19.6. The first-order valence-electron chi connectivity index (χ1n) is 12.4. The topological polar surface area (TPSA) is 12.9 Å². The van der Waals surface area contributed by atoms with E-state index in [1.165, 1.54) is 79.2 Å². The van der Waals surface area contributed by atoms with E-state index in [4.69, 9.17) is 4.98 Å². The van der Waals surface area contributed by atoms with E-state index in [0.29, 0.717) is 0 Å². The van der Waals surface area contributed by atoms with Crippen molar-refractivity contribution in [3.05, 3.63) is 89.1 Å². The Kier molecular flexibility index (Phi) is 9.83. The van der Waals surface area contributed by atoms with Crippen molar-refractivity contribution >= 4 is 0 Å². The first kappa shape index (κ1) is 23.3. The van der Waals surface area contributed by atoms with Crippen molar-refractivity contribution in [2.75, 3.05) is 0 Å². The Morgan fingerprint density at radius 2 is 0.968 bits per heavy atom. The summed E-state index contributed by atoms with van der Waals surface area (Å²) in [4.78, 5) is 4.69. The molecule has 0 bridgehead atoms. The van der Waals surface area contributed by atoms with Gasteiger partial charge in [-0.1, -0.05) is 101 Å². The van der Waals surface area contributed by atoms with E-state index in [1.807, 2.05) is 6.20 Å². The fraction of sp³-hybridized carbons (Fsp3) is 0.433. The van der Waals surface area contributed by atoms with Gasteiger partial charge in [-0.2, -0.15) is 0 Å². The maximum absolute atomic E-state index is 4.69. The number of rotatable bonds is 13. The lowest BCUT2D eigenvalue weighted by Crippen LogP contribution is -1.93. The molecule has 0 saturated carbocycles. The van der Waals surface area contributed by atoms with Gasteiger partial charge in [0.05, 0.1) is 5.69 Å². The molecule has 0 atom stereocenters. The normalized spacial score (nSPS) is 11.0. The molecule has 0 radical (unpaired) electrons. The Labute approximate surface area is 190 Å². The molecule has 0 aliphatic heterocycles. The molecule has 3 aromatic rings. The number of hydrogen-bond acceptors (Lipinski definition) is 1. The number of unbranched alkanes of at least 4 members (excludes halogenated alkanes) is 5. The molecule has 3 rings (SSSR count). The second kappa shape index (κ2) is 13.1. The third-order valence-corrected chi connectivity index (χ3v) is 6.19. The standard InChI is InChI=1S/C30H39N/c1-3-5-7-9-10-25-12-14-26(15-13-25)16-17-27-18-21-29(22-19-27)30-23-20-28(24-31-30)11-8-6-4-2/h12-15,18-24H,3-11,16-17H2,1-2H3. The van der Waals surface area contributed by atoms with Gasteiger partial charge in [0.15, 0.2) is 0 Å². The highest BCUT2D eigenvalue weighted by Gasteiger charge is 2.02. The average Bonchev–Trinajstić information content (AvgIpc) is 2.82. The van der Waals surface area contributed by atoms with E-state index < -0.39 is 0 Å². The third kappa shape index (κ3) is 7.98. The third-order valence-electron chi connectivity index (χ3n) is 6.19. The summed E-state index contributed by atoms with van der Waals surface area (Å²) < 4.78 is 0. The summed E-state index contributed by atoms with van der Waals surface area (Å²) in [5.74, 6) is 0. The van der Waals surface area contributed by atoms with Crippen LogP contribution in [0.5, 0.6) is 0 Å². The number of aromatic nitrogens is 1. The van der Waals surface area contributed by atoms with E-state index in [0.717, 1.165) is 25.0 Å². The fourth-order valence-electron chi connectivity index (χ4n) is 4.08. The van der Waals surface area contributed by atoms with Crippen LogP contribution < -0.4 is 0 Å². The molecule has 1 heterocycles. The molecule has 164 valence electrons. The maximum atomic E-state index is 4.69. The minimum Gasteiger partial charge on any atom is -0.256 e. The van der Waals surface area contributed by atoms with Crippen LogP contribution in [-0.4, -0.2) is 4.98 Å². The Morgan fingerprint density at radius 1 is 0.484 bits per heavy atom. The first-order valence-corrected chi connectivity index (χ1v) is 12.4. The van der Waals surface area contributed by atoms with Gasteiger partial charge < -0.3 is 0 Å². The largest absolute Gasteiger partial charge is 0.256 e. The minimum atomic E-state index is 1.07. The van der Waals surface area contributed by atoms with Crippen molar-refractivity contribution in [1.29, 1.82) is 0 Å². The van der Waals surface area contributed by atoms with Gasteiger partial charge in [0, 0.05) is 11.8 Å². The Hall–Kier alpha value is -2.41. The summed E-state index contributed by atoms with van der Waals surface area (Å²) in [5.41, 5.74) is 7.93. The van der Waals surface area contributed by atoms with Crippen LogP contribution in [0.25, 0.3) is 11.3 Å². The maximum Gasteiger partial charge on any atom is 0.0702 e. The van der Waals surface area contributed by atoms with Gasteiger partial charge in [-0.15, -0.1) is 0 Å². The molecule has 0 unspecified atom stereocenters. The van der Waals surface area contributed by atoms with Gasteiger partial charge in [0.25, 0.3) is 0 Å². The van der Waals surface area contributed by atoms with Crippen molar-refractivity contribution in [3.8, 4) is 11.3 Å². The first-order chi connectivity index (χ1) is 15.3. The van der Waals surface area contributed by atoms with Crippen LogP contribution in [-0.2, 0) is 25.7 Å². The van der Waals surface area contributed by atoms with Gasteiger partial charge in [-0.25, -0.2) is 0 Å². The second-order valence-corrected chi connectivity index (χ2v) is 8.83. The van der Waals surface area contributed by atoms with Crippen LogP contribution in [0, 0.1) is 0 Å². The van der Waals surface area contributed by atoms with E-state index in [9.17, 15) is 0 Å². The second-order valence-electron chi connectivity index (χ2n) is 8.83. The van der Waals surface area contributed by atoms with Crippen LogP contribution in [0.2, 0.25) is 0 Å². The van der Waals surface area contributed by atoms with Crippen LogP contribution in [0.1, 0.15) is 81.0 Å². The summed E-state index contributed by atoms with van der Waals surface area (Å²) in [6, 6.07) is 22.6. The Morgan fingerprint density at radius 3 is 1.55 bits per heavy atom. The predicted octanol–water partition coefficient (Wildman–Crippen LogP) is 8.39. The van der Waals surface area contributed by atoms with E-state index >= 15 is 0 Å². The number of pyridine rings is 1. The van der Waals surface area contributed by atoms with Crippen LogP contribution in [0.15, 0.2) is 66.9 Å². The van der Waals surface area contributed by atoms with Crippen molar-refractivity contribution in [2.24, 2.45) is 0 Å². The molecule has 0 aliphatic carbocycles. The highest BCUT2D eigenvalue weighted by atomic mass is 14.7.